The first-order valence-electron chi connectivity index (χ1n) is 9.70. The lowest BCUT2D eigenvalue weighted by molar-refractivity contribution is 0.0701. The van der Waals surface area contributed by atoms with Crippen LogP contribution in [-0.4, -0.2) is 48.3 Å². The fraction of sp³-hybridized carbons (Fsp3) is 0.318. The molecule has 0 saturated carbocycles. The molecule has 0 aliphatic carbocycles. The predicted octanol–water partition coefficient (Wildman–Crippen LogP) is 4.54. The summed E-state index contributed by atoms with van der Waals surface area (Å²) < 4.78 is 17.1. The number of hydrogen-bond acceptors (Lipinski definition) is 6. The molecule has 7 nitrogen and oxygen atoms in total. The molecule has 4 rings (SSSR count). The van der Waals surface area contributed by atoms with Crippen LogP contribution in [0.4, 0.5) is 0 Å². The third kappa shape index (κ3) is 4.18. The Kier molecular flexibility index (Phi) is 6.03. The van der Waals surface area contributed by atoms with Crippen molar-refractivity contribution >= 4 is 21.8 Å². The molecule has 0 bridgehead atoms. The molecule has 2 aromatic carbocycles. The van der Waals surface area contributed by atoms with Crippen LogP contribution in [-0.2, 0) is 0 Å². The number of piperidine rings is 1. The Morgan fingerprint density at radius 1 is 1.10 bits per heavy atom. The minimum Gasteiger partial charge on any atom is -0.497 e. The molecule has 3 aromatic rings. The van der Waals surface area contributed by atoms with Gasteiger partial charge in [-0.25, -0.2) is 0 Å². The van der Waals surface area contributed by atoms with Crippen molar-refractivity contribution in [1.29, 1.82) is 0 Å². The number of amides is 1. The smallest absolute Gasteiger partial charge is 0.257 e. The Morgan fingerprint density at radius 3 is 2.50 bits per heavy atom. The highest BCUT2D eigenvalue weighted by molar-refractivity contribution is 9.10. The molecule has 8 heteroatoms. The fourth-order valence-electron chi connectivity index (χ4n) is 3.59. The van der Waals surface area contributed by atoms with Crippen LogP contribution in [0.15, 0.2) is 51.5 Å². The monoisotopic (exact) mass is 471 g/mol. The number of rotatable bonds is 5. The molecule has 1 saturated heterocycles. The zero-order valence-corrected chi connectivity index (χ0v) is 18.4. The summed E-state index contributed by atoms with van der Waals surface area (Å²) in [6, 6.07) is 13.0. The van der Waals surface area contributed by atoms with Crippen molar-refractivity contribution in [3.8, 4) is 22.9 Å². The van der Waals surface area contributed by atoms with E-state index < -0.39 is 0 Å². The highest BCUT2D eigenvalue weighted by atomic mass is 79.9. The van der Waals surface area contributed by atoms with Crippen LogP contribution >= 0.6 is 15.9 Å². The van der Waals surface area contributed by atoms with Crippen molar-refractivity contribution in [1.82, 2.24) is 15.0 Å². The van der Waals surface area contributed by atoms with E-state index in [9.17, 15) is 4.79 Å². The van der Waals surface area contributed by atoms with Gasteiger partial charge in [0, 0.05) is 35.1 Å². The first-order chi connectivity index (χ1) is 14.6. The van der Waals surface area contributed by atoms with E-state index in [1.807, 2.05) is 29.2 Å². The van der Waals surface area contributed by atoms with Gasteiger partial charge in [0.1, 0.15) is 11.5 Å². The number of benzene rings is 2. The molecular weight excluding hydrogens is 450 g/mol. The quantitative estimate of drug-likeness (QED) is 0.543. The van der Waals surface area contributed by atoms with Crippen molar-refractivity contribution in [2.75, 3.05) is 27.3 Å². The number of ether oxygens (including phenoxy) is 2. The van der Waals surface area contributed by atoms with Gasteiger partial charge >= 0.3 is 0 Å². The summed E-state index contributed by atoms with van der Waals surface area (Å²) in [7, 11) is 3.14. The second kappa shape index (κ2) is 8.87. The molecule has 1 amide bonds. The van der Waals surface area contributed by atoms with Crippen LogP contribution in [0.3, 0.4) is 0 Å². The Balaban J connectivity index is 1.42. The van der Waals surface area contributed by atoms with Gasteiger partial charge in [-0.1, -0.05) is 21.1 Å². The normalized spacial score (nSPS) is 14.6. The maximum atomic E-state index is 13.0. The van der Waals surface area contributed by atoms with E-state index >= 15 is 0 Å². The Morgan fingerprint density at radius 2 is 1.83 bits per heavy atom. The molecule has 0 radical (unpaired) electrons. The first kappa shape index (κ1) is 20.4. The molecular formula is C22H22BrN3O4. The van der Waals surface area contributed by atoms with E-state index in [0.717, 1.165) is 22.9 Å². The number of nitrogens with zero attached hydrogens (tertiary/aromatic N) is 3. The van der Waals surface area contributed by atoms with Gasteiger partial charge in [0.2, 0.25) is 11.7 Å². The lowest BCUT2D eigenvalue weighted by atomic mass is 9.96. The summed E-state index contributed by atoms with van der Waals surface area (Å²) in [6.07, 6.45) is 1.54. The third-order valence-corrected chi connectivity index (χ3v) is 5.84. The maximum absolute atomic E-state index is 13.0. The lowest BCUT2D eigenvalue weighted by Gasteiger charge is -2.30. The molecule has 2 heterocycles. The largest absolute Gasteiger partial charge is 0.497 e. The first-order valence-corrected chi connectivity index (χ1v) is 10.5. The number of hydrogen-bond donors (Lipinski definition) is 0. The Labute approximate surface area is 183 Å². The van der Waals surface area contributed by atoms with Gasteiger partial charge in [0.25, 0.3) is 5.91 Å². The summed E-state index contributed by atoms with van der Waals surface area (Å²) in [5, 5.41) is 4.12. The van der Waals surface area contributed by atoms with Gasteiger partial charge in [-0.15, -0.1) is 0 Å². The second-order valence-electron chi connectivity index (χ2n) is 7.10. The van der Waals surface area contributed by atoms with E-state index in [2.05, 4.69) is 26.1 Å². The molecule has 1 aliphatic rings. The number of carbonyl (C=O) groups excluding carboxylic acids is 1. The average molecular weight is 472 g/mol. The summed E-state index contributed by atoms with van der Waals surface area (Å²) in [5.41, 5.74) is 1.44. The molecule has 0 N–H and O–H groups in total. The van der Waals surface area contributed by atoms with Crippen LogP contribution in [0.1, 0.15) is 35.0 Å². The predicted molar refractivity (Wildman–Crippen MR) is 115 cm³/mol. The minimum absolute atomic E-state index is 0.0472. The molecule has 0 unspecified atom stereocenters. The molecule has 30 heavy (non-hydrogen) atoms. The summed E-state index contributed by atoms with van der Waals surface area (Å²) in [4.78, 5) is 19.4. The van der Waals surface area contributed by atoms with Crippen LogP contribution in [0, 0.1) is 0 Å². The van der Waals surface area contributed by atoms with Crippen LogP contribution in [0.25, 0.3) is 11.4 Å². The molecule has 1 aromatic heterocycles. The van der Waals surface area contributed by atoms with Crippen molar-refractivity contribution in [3.63, 3.8) is 0 Å². The van der Waals surface area contributed by atoms with Crippen LogP contribution in [0.2, 0.25) is 0 Å². The third-order valence-electron chi connectivity index (χ3n) is 5.31. The molecule has 1 fully saturated rings. The van der Waals surface area contributed by atoms with E-state index in [1.54, 1.807) is 32.4 Å². The van der Waals surface area contributed by atoms with Crippen LogP contribution < -0.4 is 9.47 Å². The summed E-state index contributed by atoms with van der Waals surface area (Å²) in [5.74, 6) is 2.47. The standard InChI is InChI=1S/C22H22BrN3O4/c1-28-17-7-8-18(19(13-17)29-2)22(27)26-11-9-15(10-12-26)21-24-20(25-30-21)14-3-5-16(23)6-4-14/h3-8,13,15H,9-12H2,1-2H3. The van der Waals surface area contributed by atoms with Crippen molar-refractivity contribution < 1.29 is 18.8 Å². The lowest BCUT2D eigenvalue weighted by Crippen LogP contribution is -2.38. The number of methoxy groups -OCH3 is 2. The second-order valence-corrected chi connectivity index (χ2v) is 8.01. The van der Waals surface area contributed by atoms with E-state index in [-0.39, 0.29) is 11.8 Å². The molecule has 156 valence electrons. The van der Waals surface area contributed by atoms with Crippen molar-refractivity contribution in [2.24, 2.45) is 0 Å². The SMILES string of the molecule is COc1ccc(C(=O)N2CCC(c3nc(-c4ccc(Br)cc4)no3)CC2)c(OC)c1. The summed E-state index contributed by atoms with van der Waals surface area (Å²) in [6.45, 7) is 1.24. The van der Waals surface area contributed by atoms with Gasteiger partial charge in [0.15, 0.2) is 0 Å². The molecule has 0 atom stereocenters. The number of aromatic nitrogens is 2. The van der Waals surface area contributed by atoms with Crippen molar-refractivity contribution in [2.45, 2.75) is 18.8 Å². The molecule has 1 aliphatic heterocycles. The summed E-state index contributed by atoms with van der Waals surface area (Å²) >= 11 is 3.43. The fourth-order valence-corrected chi connectivity index (χ4v) is 3.86. The van der Waals surface area contributed by atoms with Crippen molar-refractivity contribution in [3.05, 3.63) is 58.4 Å². The van der Waals surface area contributed by atoms with Gasteiger partial charge in [0.05, 0.1) is 19.8 Å². The number of carbonyl (C=O) groups is 1. The van der Waals surface area contributed by atoms with E-state index in [4.69, 9.17) is 14.0 Å². The van der Waals surface area contributed by atoms with Gasteiger partial charge in [-0.2, -0.15) is 4.98 Å². The number of halogens is 1. The highest BCUT2D eigenvalue weighted by Crippen LogP contribution is 2.31. The van der Waals surface area contributed by atoms with Crippen LogP contribution in [0.5, 0.6) is 11.5 Å². The topological polar surface area (TPSA) is 77.7 Å². The minimum atomic E-state index is -0.0472. The number of likely N-dealkylation sites (tertiary alicyclic amines) is 1. The Hall–Kier alpha value is -2.87. The highest BCUT2D eigenvalue weighted by Gasteiger charge is 2.29. The zero-order chi connectivity index (χ0) is 21.1. The Bertz CT molecular complexity index is 1030. The van der Waals surface area contributed by atoms with Gasteiger partial charge in [-0.3, -0.25) is 4.79 Å². The van der Waals surface area contributed by atoms with Gasteiger partial charge in [-0.05, 0) is 49.2 Å². The average Bonchev–Trinajstić information content (AvgIpc) is 3.29. The zero-order valence-electron chi connectivity index (χ0n) is 16.8. The van der Waals surface area contributed by atoms with Gasteiger partial charge < -0.3 is 18.9 Å². The maximum Gasteiger partial charge on any atom is 0.257 e. The van der Waals surface area contributed by atoms with E-state index in [0.29, 0.717) is 41.9 Å². The van der Waals surface area contributed by atoms with E-state index in [1.165, 1.54) is 0 Å². The molecule has 0 spiro atoms.